The first-order chi connectivity index (χ1) is 10.3. The molecular formula is C16H22N4S. The van der Waals surface area contributed by atoms with Crippen LogP contribution in [-0.2, 0) is 12.8 Å². The van der Waals surface area contributed by atoms with Gasteiger partial charge in [-0.2, -0.15) is 0 Å². The number of aromatic nitrogens is 2. The summed E-state index contributed by atoms with van der Waals surface area (Å²) in [7, 11) is 0. The molecule has 0 atom stereocenters. The van der Waals surface area contributed by atoms with Gasteiger partial charge in [-0.15, -0.1) is 11.3 Å². The van der Waals surface area contributed by atoms with E-state index in [4.69, 9.17) is 4.98 Å². The van der Waals surface area contributed by atoms with Crippen LogP contribution in [0.25, 0.3) is 10.2 Å². The predicted molar refractivity (Wildman–Crippen MR) is 88.3 cm³/mol. The molecule has 2 aliphatic rings. The number of thiophene rings is 1. The maximum absolute atomic E-state index is 4.74. The molecule has 1 saturated heterocycles. The molecule has 0 saturated carbocycles. The van der Waals surface area contributed by atoms with Gasteiger partial charge in [-0.05, 0) is 64.1 Å². The van der Waals surface area contributed by atoms with Gasteiger partial charge in [0, 0.05) is 10.9 Å². The first-order valence-electron chi connectivity index (χ1n) is 8.07. The molecular weight excluding hydrogens is 280 g/mol. The lowest BCUT2D eigenvalue weighted by Gasteiger charge is -2.25. The molecule has 112 valence electrons. The molecule has 2 N–H and O–H groups in total. The van der Waals surface area contributed by atoms with Crippen LogP contribution in [0.4, 0.5) is 5.82 Å². The van der Waals surface area contributed by atoms with Gasteiger partial charge in [0.05, 0.1) is 5.39 Å². The summed E-state index contributed by atoms with van der Waals surface area (Å²) in [6, 6.07) is 0.544. The summed E-state index contributed by atoms with van der Waals surface area (Å²) < 4.78 is 0. The normalized spacial score (nSPS) is 19.7. The van der Waals surface area contributed by atoms with E-state index in [1.54, 1.807) is 4.88 Å². The monoisotopic (exact) mass is 302 g/mol. The highest BCUT2D eigenvalue weighted by atomic mass is 32.1. The summed E-state index contributed by atoms with van der Waals surface area (Å²) in [4.78, 5) is 12.2. The molecule has 21 heavy (non-hydrogen) atoms. The minimum Gasteiger partial charge on any atom is -0.367 e. The molecule has 0 amide bonds. The smallest absolute Gasteiger partial charge is 0.139 e. The van der Waals surface area contributed by atoms with E-state index in [0.717, 1.165) is 24.7 Å². The number of anilines is 1. The van der Waals surface area contributed by atoms with E-state index in [-0.39, 0.29) is 0 Å². The van der Waals surface area contributed by atoms with Crippen LogP contribution in [0, 0.1) is 6.92 Å². The van der Waals surface area contributed by atoms with Gasteiger partial charge in [-0.3, -0.25) is 0 Å². The number of nitrogens with zero attached hydrogens (tertiary/aromatic N) is 2. The van der Waals surface area contributed by atoms with Crippen LogP contribution in [-0.4, -0.2) is 29.1 Å². The molecule has 1 aliphatic carbocycles. The lowest BCUT2D eigenvalue weighted by atomic mass is 9.96. The van der Waals surface area contributed by atoms with Gasteiger partial charge in [0.1, 0.15) is 16.5 Å². The molecule has 2 aromatic rings. The van der Waals surface area contributed by atoms with Gasteiger partial charge < -0.3 is 10.6 Å². The minimum atomic E-state index is 0.544. The Morgan fingerprint density at radius 2 is 1.95 bits per heavy atom. The van der Waals surface area contributed by atoms with Crippen molar-refractivity contribution in [1.82, 2.24) is 15.3 Å². The molecule has 0 spiro atoms. The molecule has 1 fully saturated rings. The molecule has 0 bridgehead atoms. The topological polar surface area (TPSA) is 49.8 Å². The summed E-state index contributed by atoms with van der Waals surface area (Å²) >= 11 is 1.89. The zero-order valence-electron chi connectivity index (χ0n) is 12.5. The van der Waals surface area contributed by atoms with Crippen molar-refractivity contribution in [2.45, 2.75) is 51.5 Å². The number of piperidine rings is 1. The van der Waals surface area contributed by atoms with Crippen LogP contribution >= 0.6 is 11.3 Å². The maximum Gasteiger partial charge on any atom is 0.139 e. The van der Waals surface area contributed by atoms with Crippen molar-refractivity contribution >= 4 is 27.4 Å². The Hall–Kier alpha value is -1.20. The van der Waals surface area contributed by atoms with Crippen molar-refractivity contribution in [2.75, 3.05) is 18.4 Å². The quantitative estimate of drug-likeness (QED) is 0.895. The zero-order valence-corrected chi connectivity index (χ0v) is 13.4. The summed E-state index contributed by atoms with van der Waals surface area (Å²) in [5.74, 6) is 1.97. The molecule has 5 heteroatoms. The van der Waals surface area contributed by atoms with Crippen LogP contribution in [0.15, 0.2) is 0 Å². The lowest BCUT2D eigenvalue weighted by molar-refractivity contribution is 0.478. The first kappa shape index (κ1) is 13.5. The molecule has 0 aromatic carbocycles. The maximum atomic E-state index is 4.74. The van der Waals surface area contributed by atoms with Gasteiger partial charge >= 0.3 is 0 Å². The Morgan fingerprint density at radius 3 is 2.81 bits per heavy atom. The Balaban J connectivity index is 1.77. The van der Waals surface area contributed by atoms with Crippen LogP contribution in [0.5, 0.6) is 0 Å². The van der Waals surface area contributed by atoms with Gasteiger partial charge in [-0.1, -0.05) is 0 Å². The third kappa shape index (κ3) is 2.53. The van der Waals surface area contributed by atoms with Crippen LogP contribution in [0.3, 0.4) is 0 Å². The van der Waals surface area contributed by atoms with Crippen LogP contribution in [0.2, 0.25) is 0 Å². The molecule has 3 heterocycles. The largest absolute Gasteiger partial charge is 0.367 e. The fourth-order valence-electron chi connectivity index (χ4n) is 3.53. The van der Waals surface area contributed by atoms with Crippen molar-refractivity contribution in [1.29, 1.82) is 0 Å². The van der Waals surface area contributed by atoms with E-state index in [0.29, 0.717) is 6.04 Å². The van der Waals surface area contributed by atoms with E-state index in [2.05, 4.69) is 15.6 Å². The van der Waals surface area contributed by atoms with Crippen molar-refractivity contribution < 1.29 is 0 Å². The highest BCUT2D eigenvalue weighted by molar-refractivity contribution is 7.19. The highest BCUT2D eigenvalue weighted by Crippen LogP contribution is 2.38. The lowest BCUT2D eigenvalue weighted by Crippen LogP contribution is -2.35. The van der Waals surface area contributed by atoms with Crippen molar-refractivity contribution in [3.63, 3.8) is 0 Å². The van der Waals surface area contributed by atoms with E-state index in [1.165, 1.54) is 54.3 Å². The predicted octanol–water partition coefficient (Wildman–Crippen LogP) is 3.04. The number of hydrogen-bond acceptors (Lipinski definition) is 5. The van der Waals surface area contributed by atoms with E-state index >= 15 is 0 Å². The minimum absolute atomic E-state index is 0.544. The average Bonchev–Trinajstić information content (AvgIpc) is 2.86. The Morgan fingerprint density at radius 1 is 1.14 bits per heavy atom. The third-order valence-corrected chi connectivity index (χ3v) is 5.79. The summed E-state index contributed by atoms with van der Waals surface area (Å²) in [5, 5.41) is 8.46. The summed E-state index contributed by atoms with van der Waals surface area (Å²) in [6.07, 6.45) is 7.40. The number of fused-ring (bicyclic) bond motifs is 3. The molecule has 2 aromatic heterocycles. The van der Waals surface area contributed by atoms with Gasteiger partial charge in [0.15, 0.2) is 0 Å². The second-order valence-corrected chi connectivity index (χ2v) is 7.26. The average molecular weight is 302 g/mol. The van der Waals surface area contributed by atoms with Crippen molar-refractivity contribution in [3.8, 4) is 0 Å². The molecule has 4 rings (SSSR count). The number of nitrogens with one attached hydrogen (secondary N) is 2. The third-order valence-electron chi connectivity index (χ3n) is 4.61. The number of rotatable bonds is 2. The zero-order chi connectivity index (χ0) is 14.2. The fraction of sp³-hybridized carbons (Fsp3) is 0.625. The Kier molecular flexibility index (Phi) is 3.55. The SMILES string of the molecule is Cc1nc(NC2CCNCC2)c2c3c(sc2n1)CCCC3. The fourth-order valence-corrected chi connectivity index (χ4v) is 4.83. The number of hydrogen-bond donors (Lipinski definition) is 2. The molecule has 1 aliphatic heterocycles. The molecule has 0 unspecified atom stereocenters. The van der Waals surface area contributed by atoms with E-state index in [1.807, 2.05) is 18.3 Å². The standard InChI is InChI=1S/C16H22N4S/c1-10-18-15(20-11-6-8-17-9-7-11)14-12-4-2-3-5-13(12)21-16(14)19-10/h11,17H,2-9H2,1H3,(H,18,19,20). The van der Waals surface area contributed by atoms with Gasteiger partial charge in [0.25, 0.3) is 0 Å². The summed E-state index contributed by atoms with van der Waals surface area (Å²) in [6.45, 7) is 4.21. The van der Waals surface area contributed by atoms with E-state index < -0.39 is 0 Å². The van der Waals surface area contributed by atoms with Gasteiger partial charge in [-0.25, -0.2) is 9.97 Å². The van der Waals surface area contributed by atoms with Crippen molar-refractivity contribution in [2.24, 2.45) is 0 Å². The van der Waals surface area contributed by atoms with Crippen LogP contribution in [0.1, 0.15) is 41.9 Å². The summed E-state index contributed by atoms with van der Waals surface area (Å²) in [5.41, 5.74) is 1.53. The Bertz CT molecular complexity index is 658. The van der Waals surface area contributed by atoms with E-state index in [9.17, 15) is 0 Å². The highest BCUT2D eigenvalue weighted by Gasteiger charge is 2.22. The van der Waals surface area contributed by atoms with Crippen LogP contribution < -0.4 is 10.6 Å². The Labute approximate surface area is 129 Å². The van der Waals surface area contributed by atoms with Crippen molar-refractivity contribution in [3.05, 3.63) is 16.3 Å². The molecule has 0 radical (unpaired) electrons. The molecule has 4 nitrogen and oxygen atoms in total. The first-order valence-corrected chi connectivity index (χ1v) is 8.89. The second-order valence-electron chi connectivity index (χ2n) is 6.18. The second kappa shape index (κ2) is 5.54. The van der Waals surface area contributed by atoms with Gasteiger partial charge in [0.2, 0.25) is 0 Å². The number of aryl methyl sites for hydroxylation is 3.